The maximum atomic E-state index is 6.05. The van der Waals surface area contributed by atoms with Gasteiger partial charge in [0, 0.05) is 11.5 Å². The topological polar surface area (TPSA) is 27.1 Å². The Bertz CT molecular complexity index is 635. The molecule has 0 spiro atoms. The molecule has 0 bridgehead atoms. The second-order valence-electron chi connectivity index (χ2n) is 5.31. The van der Waals surface area contributed by atoms with E-state index >= 15 is 0 Å². The summed E-state index contributed by atoms with van der Waals surface area (Å²) in [6.45, 7) is 6.95. The molecule has 2 aromatic rings. The van der Waals surface area contributed by atoms with Gasteiger partial charge in [0.15, 0.2) is 0 Å². The Morgan fingerprint density at radius 3 is 2.57 bits per heavy atom. The number of nitrogens with zero attached hydrogens (tertiary/aromatic N) is 2. The van der Waals surface area contributed by atoms with E-state index in [0.717, 1.165) is 32.5 Å². The van der Waals surface area contributed by atoms with Crippen molar-refractivity contribution >= 4 is 31.9 Å². The smallest absolute Gasteiger partial charge is 0.131 e. The van der Waals surface area contributed by atoms with Crippen LogP contribution < -0.4 is 4.74 Å². The molecule has 0 fully saturated rings. The molecule has 114 valence electrons. The maximum Gasteiger partial charge on any atom is 0.131 e. The molecule has 0 aliphatic rings. The van der Waals surface area contributed by atoms with Crippen molar-refractivity contribution < 1.29 is 4.74 Å². The largest absolute Gasteiger partial charge is 0.487 e. The van der Waals surface area contributed by atoms with E-state index in [-0.39, 0.29) is 0 Å². The minimum Gasteiger partial charge on any atom is -0.487 e. The molecule has 0 atom stereocenters. The van der Waals surface area contributed by atoms with Gasteiger partial charge < -0.3 is 4.74 Å². The van der Waals surface area contributed by atoms with E-state index in [1.807, 2.05) is 23.9 Å². The van der Waals surface area contributed by atoms with Crippen molar-refractivity contribution in [3.8, 4) is 5.75 Å². The van der Waals surface area contributed by atoms with Gasteiger partial charge in [-0.15, -0.1) is 0 Å². The minimum atomic E-state index is 0.415. The Morgan fingerprint density at radius 1 is 1.29 bits per heavy atom. The van der Waals surface area contributed by atoms with E-state index in [9.17, 15) is 0 Å². The summed E-state index contributed by atoms with van der Waals surface area (Å²) >= 11 is 7.14. The lowest BCUT2D eigenvalue weighted by Crippen LogP contribution is -2.05. The van der Waals surface area contributed by atoms with Gasteiger partial charge in [0.25, 0.3) is 0 Å². The molecule has 0 unspecified atom stereocenters. The molecule has 1 heterocycles. The highest BCUT2D eigenvalue weighted by atomic mass is 79.9. The number of aryl methyl sites for hydroxylation is 2. The maximum absolute atomic E-state index is 6.05. The molecule has 1 aromatic heterocycles. The van der Waals surface area contributed by atoms with E-state index in [1.54, 1.807) is 0 Å². The highest BCUT2D eigenvalue weighted by Crippen LogP contribution is 2.31. The van der Waals surface area contributed by atoms with Gasteiger partial charge in [0.2, 0.25) is 0 Å². The Kier molecular flexibility index (Phi) is 5.49. The third kappa shape index (κ3) is 3.69. The van der Waals surface area contributed by atoms with E-state index in [4.69, 9.17) is 4.74 Å². The van der Waals surface area contributed by atoms with Crippen molar-refractivity contribution in [1.29, 1.82) is 0 Å². The lowest BCUT2D eigenvalue weighted by Gasteiger charge is -2.15. The number of ether oxygens (including phenoxy) is 1. The van der Waals surface area contributed by atoms with Crippen LogP contribution in [0.2, 0.25) is 0 Å². The zero-order valence-electron chi connectivity index (χ0n) is 12.8. The number of halogens is 2. The average Bonchev–Trinajstić information content (AvgIpc) is 2.72. The number of benzene rings is 1. The fourth-order valence-corrected chi connectivity index (χ4v) is 3.33. The molecule has 2 rings (SSSR count). The summed E-state index contributed by atoms with van der Waals surface area (Å²) in [5.41, 5.74) is 3.33. The van der Waals surface area contributed by atoms with Gasteiger partial charge in [0.05, 0.1) is 15.9 Å². The molecular weight excluding hydrogens is 396 g/mol. The minimum absolute atomic E-state index is 0.415. The van der Waals surface area contributed by atoms with Crippen molar-refractivity contribution in [2.45, 2.75) is 39.7 Å². The van der Waals surface area contributed by atoms with Crippen LogP contribution in [0.5, 0.6) is 5.75 Å². The number of aromatic nitrogens is 2. The standard InChI is InChI=1S/C16H20Br2N2O/c1-5-13-16(18)14(20(4)19-13)9-21-15-7-6-11(17)8-12(15)10(2)3/h6-8,10H,5,9H2,1-4H3. The van der Waals surface area contributed by atoms with Crippen molar-refractivity contribution in [1.82, 2.24) is 9.78 Å². The molecule has 0 saturated carbocycles. The monoisotopic (exact) mass is 414 g/mol. The van der Waals surface area contributed by atoms with Gasteiger partial charge in [-0.1, -0.05) is 36.7 Å². The van der Waals surface area contributed by atoms with E-state index in [1.165, 1.54) is 5.56 Å². The second-order valence-corrected chi connectivity index (χ2v) is 7.02. The molecule has 0 aliphatic carbocycles. The first kappa shape index (κ1) is 16.6. The molecule has 0 aliphatic heterocycles. The van der Waals surface area contributed by atoms with Crippen molar-refractivity contribution in [3.63, 3.8) is 0 Å². The fraction of sp³-hybridized carbons (Fsp3) is 0.438. The zero-order chi connectivity index (χ0) is 15.6. The zero-order valence-corrected chi connectivity index (χ0v) is 16.0. The second kappa shape index (κ2) is 6.97. The van der Waals surface area contributed by atoms with Crippen LogP contribution >= 0.6 is 31.9 Å². The van der Waals surface area contributed by atoms with Crippen LogP contribution in [0.1, 0.15) is 43.6 Å². The Balaban J connectivity index is 2.23. The first-order valence-electron chi connectivity index (χ1n) is 7.06. The summed E-state index contributed by atoms with van der Waals surface area (Å²) in [5, 5.41) is 4.49. The Hall–Kier alpha value is -0.810. The van der Waals surface area contributed by atoms with Crippen molar-refractivity contribution in [2.75, 3.05) is 0 Å². The van der Waals surface area contributed by atoms with E-state index in [2.05, 4.69) is 63.8 Å². The summed E-state index contributed by atoms with van der Waals surface area (Å²) in [4.78, 5) is 0. The van der Waals surface area contributed by atoms with Gasteiger partial charge >= 0.3 is 0 Å². The molecule has 21 heavy (non-hydrogen) atoms. The summed E-state index contributed by atoms with van der Waals surface area (Å²) < 4.78 is 10.1. The predicted molar refractivity (Wildman–Crippen MR) is 92.8 cm³/mol. The lowest BCUT2D eigenvalue weighted by atomic mass is 10.0. The van der Waals surface area contributed by atoms with Crippen LogP contribution in [0.15, 0.2) is 27.1 Å². The van der Waals surface area contributed by atoms with Gasteiger partial charge in [-0.3, -0.25) is 4.68 Å². The predicted octanol–water partition coefficient (Wildman–Crippen LogP) is 5.21. The summed E-state index contributed by atoms with van der Waals surface area (Å²) in [6.07, 6.45) is 0.907. The third-order valence-electron chi connectivity index (χ3n) is 3.46. The first-order valence-corrected chi connectivity index (χ1v) is 8.65. The Labute approximate surface area is 142 Å². The molecule has 0 N–H and O–H groups in total. The van der Waals surface area contributed by atoms with E-state index in [0.29, 0.717) is 12.5 Å². The molecule has 0 saturated heterocycles. The molecule has 5 heteroatoms. The van der Waals surface area contributed by atoms with Gasteiger partial charge in [-0.2, -0.15) is 5.10 Å². The van der Waals surface area contributed by atoms with Crippen molar-refractivity contribution in [3.05, 3.63) is 44.1 Å². The lowest BCUT2D eigenvalue weighted by molar-refractivity contribution is 0.290. The van der Waals surface area contributed by atoms with Crippen LogP contribution in [0.3, 0.4) is 0 Å². The summed E-state index contributed by atoms with van der Waals surface area (Å²) in [6, 6.07) is 6.15. The van der Waals surface area contributed by atoms with Crippen LogP contribution in [-0.4, -0.2) is 9.78 Å². The Morgan fingerprint density at radius 2 is 2.00 bits per heavy atom. The molecule has 0 radical (unpaired) electrons. The van der Waals surface area contributed by atoms with Gasteiger partial charge in [-0.05, 0) is 52.0 Å². The third-order valence-corrected chi connectivity index (χ3v) is 4.87. The first-order chi connectivity index (χ1) is 9.93. The highest BCUT2D eigenvalue weighted by molar-refractivity contribution is 9.10. The molecule has 3 nitrogen and oxygen atoms in total. The van der Waals surface area contributed by atoms with Crippen LogP contribution in [0.25, 0.3) is 0 Å². The fourth-order valence-electron chi connectivity index (χ4n) is 2.22. The van der Waals surface area contributed by atoms with Gasteiger partial charge in [0.1, 0.15) is 12.4 Å². The van der Waals surface area contributed by atoms with E-state index < -0.39 is 0 Å². The quantitative estimate of drug-likeness (QED) is 0.670. The molecule has 1 aromatic carbocycles. The average molecular weight is 416 g/mol. The summed E-state index contributed by atoms with van der Waals surface area (Å²) in [5.74, 6) is 1.35. The van der Waals surface area contributed by atoms with Crippen LogP contribution in [0.4, 0.5) is 0 Å². The summed E-state index contributed by atoms with van der Waals surface area (Å²) in [7, 11) is 1.95. The number of rotatable bonds is 5. The normalized spacial score (nSPS) is 11.2. The van der Waals surface area contributed by atoms with Crippen LogP contribution in [0, 0.1) is 0 Å². The number of hydrogen-bond donors (Lipinski definition) is 0. The molecular formula is C16H20Br2N2O. The number of hydrogen-bond acceptors (Lipinski definition) is 2. The molecule has 0 amide bonds. The van der Waals surface area contributed by atoms with Crippen LogP contribution in [-0.2, 0) is 20.1 Å². The highest BCUT2D eigenvalue weighted by Gasteiger charge is 2.14. The van der Waals surface area contributed by atoms with Crippen molar-refractivity contribution in [2.24, 2.45) is 7.05 Å². The SMILES string of the molecule is CCc1nn(C)c(COc2ccc(Br)cc2C(C)C)c1Br. The van der Waals surface area contributed by atoms with Gasteiger partial charge in [-0.25, -0.2) is 0 Å².